The topological polar surface area (TPSA) is 83.9 Å². The van der Waals surface area contributed by atoms with Crippen LogP contribution in [0.3, 0.4) is 0 Å². The summed E-state index contributed by atoms with van der Waals surface area (Å²) in [4.78, 5) is 11.1. The molecule has 1 N–H and O–H groups in total. The van der Waals surface area contributed by atoms with Gasteiger partial charge in [0.25, 0.3) is 0 Å². The van der Waals surface area contributed by atoms with Gasteiger partial charge in [0, 0.05) is 17.6 Å². The summed E-state index contributed by atoms with van der Waals surface area (Å²) in [5.41, 5.74) is 0. The summed E-state index contributed by atoms with van der Waals surface area (Å²) >= 11 is 5.80. The number of benzene rings is 1. The molecule has 0 bridgehead atoms. The predicted molar refractivity (Wildman–Crippen MR) is 72.6 cm³/mol. The summed E-state index contributed by atoms with van der Waals surface area (Å²) in [7, 11) is -2.59. The predicted octanol–water partition coefficient (Wildman–Crippen LogP) is 1.59. The Morgan fingerprint density at radius 3 is 2.80 bits per heavy atom. The molecule has 1 atom stereocenters. The van der Waals surface area contributed by atoms with Crippen molar-refractivity contribution < 1.29 is 23.1 Å². The van der Waals surface area contributed by atoms with Crippen molar-refractivity contribution in [1.29, 1.82) is 0 Å². The van der Waals surface area contributed by atoms with Gasteiger partial charge in [-0.15, -0.1) is 0 Å². The molecule has 0 aromatic heterocycles. The first-order valence-corrected chi connectivity index (χ1v) is 7.78. The van der Waals surface area contributed by atoms with Crippen molar-refractivity contribution in [3.05, 3.63) is 23.2 Å². The molecule has 1 aliphatic rings. The lowest BCUT2D eigenvalue weighted by molar-refractivity contribution is -0.140. The fourth-order valence-corrected chi connectivity index (χ4v) is 4.21. The molecule has 6 nitrogen and oxygen atoms in total. The van der Waals surface area contributed by atoms with Gasteiger partial charge in [-0.3, -0.25) is 4.79 Å². The fourth-order valence-electron chi connectivity index (χ4n) is 2.26. The third-order valence-corrected chi connectivity index (χ3v) is 5.38. The molecule has 110 valence electrons. The fraction of sp³-hybridized carbons (Fsp3) is 0.417. The highest BCUT2D eigenvalue weighted by molar-refractivity contribution is 7.89. The van der Waals surface area contributed by atoms with Gasteiger partial charge in [-0.25, -0.2) is 8.42 Å². The molecule has 0 saturated carbocycles. The minimum absolute atomic E-state index is 0.0717. The molecule has 1 aromatic carbocycles. The minimum Gasteiger partial charge on any atom is -0.495 e. The number of hydrogen-bond acceptors (Lipinski definition) is 4. The lowest BCUT2D eigenvalue weighted by Crippen LogP contribution is -2.40. The Morgan fingerprint density at radius 1 is 1.50 bits per heavy atom. The lowest BCUT2D eigenvalue weighted by atomic mass is 10.2. The number of hydrogen-bond donors (Lipinski definition) is 1. The standard InChI is InChI=1S/C12H14ClNO5S/c1-19-10-7-8(13)4-5-11(10)20(17,18)14-6-2-3-9(14)12(15)16/h4-5,7,9H,2-3,6H2,1H3,(H,15,16)/t9-/m1/s1. The lowest BCUT2D eigenvalue weighted by Gasteiger charge is -2.22. The van der Waals surface area contributed by atoms with Crippen LogP contribution in [0.2, 0.25) is 5.02 Å². The van der Waals surface area contributed by atoms with E-state index in [1.807, 2.05) is 0 Å². The zero-order chi connectivity index (χ0) is 14.9. The number of methoxy groups -OCH3 is 1. The summed E-state index contributed by atoms with van der Waals surface area (Å²) in [6.07, 6.45) is 0.830. The second kappa shape index (κ2) is 5.59. The van der Waals surface area contributed by atoms with E-state index < -0.39 is 22.0 Å². The van der Waals surface area contributed by atoms with E-state index >= 15 is 0 Å². The normalized spacial score (nSPS) is 20.0. The quantitative estimate of drug-likeness (QED) is 0.911. The van der Waals surface area contributed by atoms with E-state index in [9.17, 15) is 13.2 Å². The number of halogens is 1. The number of sulfonamides is 1. The molecular formula is C12H14ClNO5S. The van der Waals surface area contributed by atoms with Crippen molar-refractivity contribution in [3.8, 4) is 5.75 Å². The maximum absolute atomic E-state index is 12.6. The van der Waals surface area contributed by atoms with Crippen molar-refractivity contribution in [2.75, 3.05) is 13.7 Å². The maximum Gasteiger partial charge on any atom is 0.322 e. The Hall–Kier alpha value is -1.31. The van der Waals surface area contributed by atoms with Crippen LogP contribution in [0.5, 0.6) is 5.75 Å². The summed E-state index contributed by atoms with van der Waals surface area (Å²) in [6.45, 7) is 0.186. The molecule has 2 rings (SSSR count). The Labute approximate surface area is 122 Å². The molecule has 0 spiro atoms. The van der Waals surface area contributed by atoms with Gasteiger partial charge in [0.2, 0.25) is 10.0 Å². The van der Waals surface area contributed by atoms with Crippen LogP contribution in [0, 0.1) is 0 Å². The highest BCUT2D eigenvalue weighted by atomic mass is 35.5. The number of ether oxygens (including phenoxy) is 1. The van der Waals surface area contributed by atoms with Crippen LogP contribution < -0.4 is 4.74 Å². The SMILES string of the molecule is COc1cc(Cl)ccc1S(=O)(=O)N1CCC[C@@H]1C(=O)O. The molecule has 1 saturated heterocycles. The Morgan fingerprint density at radius 2 is 2.20 bits per heavy atom. The van der Waals surface area contributed by atoms with Gasteiger partial charge in [-0.2, -0.15) is 4.31 Å². The zero-order valence-corrected chi connectivity index (χ0v) is 12.3. The van der Waals surface area contributed by atoms with Crippen LogP contribution >= 0.6 is 11.6 Å². The number of aliphatic carboxylic acids is 1. The largest absolute Gasteiger partial charge is 0.495 e. The highest BCUT2D eigenvalue weighted by Gasteiger charge is 2.40. The van der Waals surface area contributed by atoms with Crippen LogP contribution in [0.4, 0.5) is 0 Å². The van der Waals surface area contributed by atoms with E-state index in [1.54, 1.807) is 0 Å². The van der Waals surface area contributed by atoms with Gasteiger partial charge >= 0.3 is 5.97 Å². The number of carboxylic acid groups (broad SMARTS) is 1. The van der Waals surface area contributed by atoms with Crippen LogP contribution in [0.1, 0.15) is 12.8 Å². The van der Waals surface area contributed by atoms with Gasteiger partial charge in [-0.05, 0) is 25.0 Å². The van der Waals surface area contributed by atoms with Crippen LogP contribution in [0.15, 0.2) is 23.1 Å². The molecule has 1 aromatic rings. The zero-order valence-electron chi connectivity index (χ0n) is 10.7. The maximum atomic E-state index is 12.6. The average molecular weight is 320 g/mol. The number of carboxylic acids is 1. The first kappa shape index (κ1) is 15.1. The van der Waals surface area contributed by atoms with Crippen molar-refractivity contribution in [3.63, 3.8) is 0 Å². The van der Waals surface area contributed by atoms with E-state index in [-0.39, 0.29) is 17.2 Å². The summed E-state index contributed by atoms with van der Waals surface area (Å²) in [5, 5.41) is 9.45. The monoisotopic (exact) mass is 319 g/mol. The van der Waals surface area contributed by atoms with E-state index in [0.29, 0.717) is 17.9 Å². The van der Waals surface area contributed by atoms with Gasteiger partial charge in [0.1, 0.15) is 16.7 Å². The summed E-state index contributed by atoms with van der Waals surface area (Å²) in [5.74, 6) is -1.03. The third-order valence-electron chi connectivity index (χ3n) is 3.20. The second-order valence-corrected chi connectivity index (χ2v) is 6.70. The van der Waals surface area contributed by atoms with Crippen molar-refractivity contribution in [2.45, 2.75) is 23.8 Å². The van der Waals surface area contributed by atoms with E-state index in [2.05, 4.69) is 0 Å². The summed E-state index contributed by atoms with van der Waals surface area (Å²) in [6, 6.07) is 3.12. The van der Waals surface area contributed by atoms with Crippen molar-refractivity contribution in [2.24, 2.45) is 0 Å². The van der Waals surface area contributed by atoms with Crippen molar-refractivity contribution >= 4 is 27.6 Å². The van der Waals surface area contributed by atoms with Crippen LogP contribution in [-0.4, -0.2) is 43.5 Å². The number of rotatable bonds is 4. The minimum atomic E-state index is -3.92. The Balaban J connectivity index is 2.47. The number of nitrogens with zero attached hydrogens (tertiary/aromatic N) is 1. The van der Waals surface area contributed by atoms with E-state index in [4.69, 9.17) is 21.4 Å². The summed E-state index contributed by atoms with van der Waals surface area (Å²) < 4.78 is 31.2. The third kappa shape index (κ3) is 2.61. The smallest absolute Gasteiger partial charge is 0.322 e. The van der Waals surface area contributed by atoms with Gasteiger partial charge in [-0.1, -0.05) is 11.6 Å². The van der Waals surface area contributed by atoms with Crippen LogP contribution in [0.25, 0.3) is 0 Å². The van der Waals surface area contributed by atoms with Crippen molar-refractivity contribution in [1.82, 2.24) is 4.31 Å². The van der Waals surface area contributed by atoms with Crippen LogP contribution in [-0.2, 0) is 14.8 Å². The molecular weight excluding hydrogens is 306 g/mol. The molecule has 8 heteroatoms. The molecule has 0 amide bonds. The molecule has 1 heterocycles. The van der Waals surface area contributed by atoms with Gasteiger partial charge in [0.15, 0.2) is 0 Å². The molecule has 0 unspecified atom stereocenters. The van der Waals surface area contributed by atoms with E-state index in [0.717, 1.165) is 4.31 Å². The molecule has 0 radical (unpaired) electrons. The molecule has 1 fully saturated rings. The molecule has 0 aliphatic carbocycles. The highest BCUT2D eigenvalue weighted by Crippen LogP contribution is 2.33. The Kier molecular flexibility index (Phi) is 4.22. The molecule has 20 heavy (non-hydrogen) atoms. The average Bonchev–Trinajstić information content (AvgIpc) is 2.88. The molecule has 1 aliphatic heterocycles. The van der Waals surface area contributed by atoms with E-state index in [1.165, 1.54) is 25.3 Å². The first-order chi connectivity index (χ1) is 9.37. The Bertz CT molecular complexity index is 631. The van der Waals surface area contributed by atoms with Gasteiger partial charge in [0.05, 0.1) is 7.11 Å². The number of carbonyl (C=O) groups is 1. The second-order valence-electron chi connectivity index (χ2n) is 4.41. The first-order valence-electron chi connectivity index (χ1n) is 5.96. The van der Waals surface area contributed by atoms with Gasteiger partial charge < -0.3 is 9.84 Å².